The fourth-order valence-electron chi connectivity index (χ4n) is 5.32. The number of fused-ring (bicyclic) bond motifs is 1. The number of aromatic nitrogens is 2. The molecule has 218 valence electrons. The van der Waals surface area contributed by atoms with E-state index in [1.54, 1.807) is 25.5 Å². The molecule has 1 aromatic heterocycles. The Bertz CT molecular complexity index is 1630. The van der Waals surface area contributed by atoms with E-state index in [2.05, 4.69) is 5.32 Å². The minimum atomic E-state index is -4.66. The molecule has 0 spiro atoms. The van der Waals surface area contributed by atoms with Gasteiger partial charge in [-0.3, -0.25) is 14.5 Å². The normalized spacial score (nSPS) is 17.2. The average molecular weight is 580 g/mol. The molecular weight excluding hydrogens is 550 g/mol. The zero-order valence-electron chi connectivity index (χ0n) is 23.1. The molecule has 3 N–H and O–H groups in total. The van der Waals surface area contributed by atoms with Gasteiger partial charge >= 0.3 is 6.18 Å². The molecule has 7 nitrogen and oxygen atoms in total. The fraction of sp³-hybridized carbons (Fsp3) is 0.258. The first-order valence-corrected chi connectivity index (χ1v) is 13.3. The number of amides is 2. The van der Waals surface area contributed by atoms with E-state index >= 15 is 0 Å². The second kappa shape index (κ2) is 10.7. The standard InChI is InChI=1S/C31H29F4N5O2/c1-4-39-28-24(26(30(2,3)36)38-40(28)22-11-6-5-7-12-22)23(18-13-15-21(32)16-14-18)25(29(39)42)37-27(41)19-9-8-10-20(17-19)31(33,34)35/h5-17,23,25H,4,36H2,1-3H3,(H,37,41)/t23-,25-/m1/s1. The lowest BCUT2D eigenvalue weighted by molar-refractivity contribution is -0.137. The van der Waals surface area contributed by atoms with Crippen LogP contribution in [-0.2, 0) is 16.5 Å². The number of nitrogens with one attached hydrogen (secondary N) is 1. The van der Waals surface area contributed by atoms with Crippen LogP contribution in [0.15, 0.2) is 78.9 Å². The molecule has 0 bridgehead atoms. The van der Waals surface area contributed by atoms with Crippen molar-refractivity contribution in [2.75, 3.05) is 11.4 Å². The molecule has 2 heterocycles. The highest BCUT2D eigenvalue weighted by molar-refractivity contribution is 6.05. The summed E-state index contributed by atoms with van der Waals surface area (Å²) < 4.78 is 55.8. The van der Waals surface area contributed by atoms with Crippen LogP contribution in [0.1, 0.15) is 59.4 Å². The second-order valence-electron chi connectivity index (χ2n) is 10.7. The van der Waals surface area contributed by atoms with Crippen molar-refractivity contribution in [1.29, 1.82) is 0 Å². The number of para-hydroxylation sites is 1. The van der Waals surface area contributed by atoms with Gasteiger partial charge in [-0.25, -0.2) is 9.07 Å². The Morgan fingerprint density at radius 1 is 1.00 bits per heavy atom. The maximum absolute atomic E-state index is 14.2. The average Bonchev–Trinajstić information content (AvgIpc) is 3.35. The lowest BCUT2D eigenvalue weighted by Gasteiger charge is -2.39. The van der Waals surface area contributed by atoms with Gasteiger partial charge in [0.05, 0.1) is 22.5 Å². The summed E-state index contributed by atoms with van der Waals surface area (Å²) in [5, 5.41) is 7.55. The third-order valence-electron chi connectivity index (χ3n) is 7.22. The molecule has 2 atom stereocenters. The molecule has 0 radical (unpaired) electrons. The van der Waals surface area contributed by atoms with Crippen LogP contribution in [-0.4, -0.2) is 34.2 Å². The van der Waals surface area contributed by atoms with Gasteiger partial charge in [0, 0.05) is 23.6 Å². The van der Waals surface area contributed by atoms with Crippen LogP contribution in [0.2, 0.25) is 0 Å². The molecule has 2 amide bonds. The summed E-state index contributed by atoms with van der Waals surface area (Å²) >= 11 is 0. The van der Waals surface area contributed by atoms with Crippen molar-refractivity contribution in [2.45, 2.75) is 44.4 Å². The molecule has 1 aliphatic rings. The Labute approximate surface area is 239 Å². The van der Waals surface area contributed by atoms with Crippen LogP contribution in [0.5, 0.6) is 0 Å². The molecule has 0 unspecified atom stereocenters. The Kier molecular flexibility index (Phi) is 7.40. The first kappa shape index (κ1) is 29.0. The first-order chi connectivity index (χ1) is 19.8. The smallest absolute Gasteiger partial charge is 0.339 e. The zero-order chi connectivity index (χ0) is 30.4. The van der Waals surface area contributed by atoms with E-state index in [-0.39, 0.29) is 12.1 Å². The van der Waals surface area contributed by atoms with Crippen LogP contribution in [0, 0.1) is 5.82 Å². The van der Waals surface area contributed by atoms with Crippen molar-refractivity contribution in [2.24, 2.45) is 5.73 Å². The molecule has 1 aliphatic heterocycles. The highest BCUT2D eigenvalue weighted by Crippen LogP contribution is 2.45. The van der Waals surface area contributed by atoms with Crippen LogP contribution in [0.4, 0.5) is 23.4 Å². The summed E-state index contributed by atoms with van der Waals surface area (Å²) in [5.41, 5.74) is 6.51. The van der Waals surface area contributed by atoms with Gasteiger partial charge in [-0.15, -0.1) is 0 Å². The van der Waals surface area contributed by atoms with Gasteiger partial charge in [0.15, 0.2) is 0 Å². The van der Waals surface area contributed by atoms with Crippen LogP contribution in [0.25, 0.3) is 5.69 Å². The van der Waals surface area contributed by atoms with Gasteiger partial charge in [-0.1, -0.05) is 36.4 Å². The number of nitrogens with two attached hydrogens (primary N) is 1. The highest BCUT2D eigenvalue weighted by Gasteiger charge is 2.47. The molecular formula is C31H29F4N5O2. The summed E-state index contributed by atoms with van der Waals surface area (Å²) in [6, 6.07) is 17.4. The van der Waals surface area contributed by atoms with Crippen molar-refractivity contribution < 1.29 is 27.2 Å². The van der Waals surface area contributed by atoms with E-state index in [1.807, 2.05) is 30.3 Å². The summed E-state index contributed by atoms with van der Waals surface area (Å²) in [6.45, 7) is 5.48. The Morgan fingerprint density at radius 2 is 1.67 bits per heavy atom. The first-order valence-electron chi connectivity index (χ1n) is 13.3. The van der Waals surface area contributed by atoms with E-state index < -0.39 is 46.9 Å². The summed E-state index contributed by atoms with van der Waals surface area (Å²) in [6.07, 6.45) is -4.66. The minimum absolute atomic E-state index is 0.195. The van der Waals surface area contributed by atoms with E-state index in [9.17, 15) is 27.2 Å². The number of carbonyl (C=O) groups excluding carboxylic acids is 2. The maximum Gasteiger partial charge on any atom is 0.416 e. The number of carbonyl (C=O) groups is 2. The number of halogens is 4. The van der Waals surface area contributed by atoms with Crippen molar-refractivity contribution >= 4 is 17.6 Å². The number of benzene rings is 3. The van der Waals surface area contributed by atoms with Crippen LogP contribution in [0.3, 0.4) is 0 Å². The fourth-order valence-corrected chi connectivity index (χ4v) is 5.32. The molecule has 0 aliphatic carbocycles. The van der Waals surface area contributed by atoms with E-state index in [4.69, 9.17) is 10.8 Å². The Balaban J connectivity index is 1.73. The van der Waals surface area contributed by atoms with Gasteiger partial charge in [0.1, 0.15) is 17.7 Å². The summed E-state index contributed by atoms with van der Waals surface area (Å²) in [4.78, 5) is 29.1. The van der Waals surface area contributed by atoms with Crippen molar-refractivity contribution in [3.8, 4) is 5.69 Å². The number of anilines is 1. The molecule has 0 saturated carbocycles. The molecule has 11 heteroatoms. The molecule has 3 aromatic carbocycles. The maximum atomic E-state index is 14.2. The SMILES string of the molecule is CCN1C(=O)[C@H](NC(=O)c2cccc(C(F)(F)F)c2)[C@H](c2ccc(F)cc2)c2c(C(C)(C)N)nn(-c3ccccc3)c21. The number of hydrogen-bond donors (Lipinski definition) is 2. The Hall–Kier alpha value is -4.51. The molecule has 5 rings (SSSR count). The molecule has 0 fully saturated rings. The van der Waals surface area contributed by atoms with Crippen LogP contribution >= 0.6 is 0 Å². The summed E-state index contributed by atoms with van der Waals surface area (Å²) in [5.74, 6) is -2.31. The van der Waals surface area contributed by atoms with E-state index in [1.165, 1.54) is 35.2 Å². The molecule has 0 saturated heterocycles. The van der Waals surface area contributed by atoms with Crippen molar-refractivity contribution in [1.82, 2.24) is 15.1 Å². The number of alkyl halides is 3. The zero-order valence-corrected chi connectivity index (χ0v) is 23.1. The van der Waals surface area contributed by atoms with Crippen LogP contribution < -0.4 is 16.0 Å². The molecule has 42 heavy (non-hydrogen) atoms. The number of nitrogens with zero attached hydrogens (tertiary/aromatic N) is 3. The monoisotopic (exact) mass is 579 g/mol. The minimum Gasteiger partial charge on any atom is -0.339 e. The predicted octanol–water partition coefficient (Wildman–Crippen LogP) is 5.52. The second-order valence-corrected chi connectivity index (χ2v) is 10.7. The largest absolute Gasteiger partial charge is 0.416 e. The van der Waals surface area contributed by atoms with Gasteiger partial charge in [-0.2, -0.15) is 18.3 Å². The van der Waals surface area contributed by atoms with Gasteiger partial charge in [0.25, 0.3) is 11.8 Å². The van der Waals surface area contributed by atoms with Crippen molar-refractivity contribution in [3.63, 3.8) is 0 Å². The highest BCUT2D eigenvalue weighted by atomic mass is 19.4. The quantitative estimate of drug-likeness (QED) is 0.294. The lowest BCUT2D eigenvalue weighted by Crippen LogP contribution is -2.55. The van der Waals surface area contributed by atoms with E-state index in [0.29, 0.717) is 28.3 Å². The lowest BCUT2D eigenvalue weighted by atomic mass is 9.78. The van der Waals surface area contributed by atoms with E-state index in [0.717, 1.165) is 18.2 Å². The Morgan fingerprint density at radius 3 is 2.26 bits per heavy atom. The number of hydrogen-bond acceptors (Lipinski definition) is 4. The predicted molar refractivity (Wildman–Crippen MR) is 150 cm³/mol. The molecule has 4 aromatic rings. The van der Waals surface area contributed by atoms with Crippen molar-refractivity contribution in [3.05, 3.63) is 113 Å². The topological polar surface area (TPSA) is 93.2 Å². The third kappa shape index (κ3) is 5.27. The summed E-state index contributed by atoms with van der Waals surface area (Å²) in [7, 11) is 0. The van der Waals surface area contributed by atoms with Gasteiger partial charge in [0.2, 0.25) is 0 Å². The van der Waals surface area contributed by atoms with Gasteiger partial charge < -0.3 is 11.1 Å². The number of rotatable bonds is 6. The third-order valence-corrected chi connectivity index (χ3v) is 7.22. The van der Waals surface area contributed by atoms with Gasteiger partial charge in [-0.05, 0) is 68.8 Å². The number of likely N-dealkylation sites (N-methyl/N-ethyl adjacent to an activating group) is 1.